The Balaban J connectivity index is 1.94. The summed E-state index contributed by atoms with van der Waals surface area (Å²) in [5.41, 5.74) is 1.06. The number of nitrogens with zero attached hydrogens (tertiary/aromatic N) is 2. The van der Waals surface area contributed by atoms with E-state index in [1.807, 2.05) is 38.1 Å². The van der Waals surface area contributed by atoms with Crippen molar-refractivity contribution in [2.24, 2.45) is 0 Å². The quantitative estimate of drug-likeness (QED) is 0.838. The van der Waals surface area contributed by atoms with Crippen molar-refractivity contribution in [2.45, 2.75) is 20.3 Å². The predicted octanol–water partition coefficient (Wildman–Crippen LogP) is 3.67. The average molecular weight is 338 g/mol. The highest BCUT2D eigenvalue weighted by molar-refractivity contribution is 7.15. The lowest BCUT2D eigenvalue weighted by molar-refractivity contribution is -0.117. The summed E-state index contributed by atoms with van der Waals surface area (Å²) in [7, 11) is 0. The van der Waals surface area contributed by atoms with Crippen LogP contribution in [0, 0.1) is 0 Å². The lowest BCUT2D eigenvalue weighted by atomic mass is 10.1. The summed E-state index contributed by atoms with van der Waals surface area (Å²) in [6.07, 6.45) is 2.52. The SMILES string of the molecule is CCN(CC)CC(=O)Nc1ncc(Cc2ccccc2Cl)s1. The van der Waals surface area contributed by atoms with Crippen LogP contribution in [0.25, 0.3) is 0 Å². The van der Waals surface area contributed by atoms with Crippen molar-refractivity contribution in [2.75, 3.05) is 25.0 Å². The highest BCUT2D eigenvalue weighted by Gasteiger charge is 2.10. The van der Waals surface area contributed by atoms with Crippen molar-refractivity contribution in [1.82, 2.24) is 9.88 Å². The van der Waals surface area contributed by atoms with E-state index in [-0.39, 0.29) is 5.91 Å². The van der Waals surface area contributed by atoms with Crippen LogP contribution in [0.4, 0.5) is 5.13 Å². The van der Waals surface area contributed by atoms with E-state index in [2.05, 4.69) is 15.2 Å². The fourth-order valence-corrected chi connectivity index (χ4v) is 3.14. The summed E-state index contributed by atoms with van der Waals surface area (Å²) < 4.78 is 0. The van der Waals surface area contributed by atoms with Gasteiger partial charge >= 0.3 is 0 Å². The molecular formula is C16H20ClN3OS. The number of aromatic nitrogens is 1. The van der Waals surface area contributed by atoms with Gasteiger partial charge in [-0.25, -0.2) is 4.98 Å². The molecule has 1 amide bonds. The highest BCUT2D eigenvalue weighted by Crippen LogP contribution is 2.24. The monoisotopic (exact) mass is 337 g/mol. The predicted molar refractivity (Wildman–Crippen MR) is 92.8 cm³/mol. The van der Waals surface area contributed by atoms with Crippen LogP contribution in [0.15, 0.2) is 30.5 Å². The molecule has 0 spiro atoms. The number of hydrogen-bond donors (Lipinski definition) is 1. The summed E-state index contributed by atoms with van der Waals surface area (Å²) >= 11 is 7.65. The summed E-state index contributed by atoms with van der Waals surface area (Å²) in [6.45, 7) is 6.20. The number of hydrogen-bond acceptors (Lipinski definition) is 4. The summed E-state index contributed by atoms with van der Waals surface area (Å²) in [5, 5.41) is 4.25. The first-order valence-corrected chi connectivity index (χ1v) is 8.52. The van der Waals surface area contributed by atoms with E-state index in [0.29, 0.717) is 11.7 Å². The fraction of sp³-hybridized carbons (Fsp3) is 0.375. The molecule has 1 aromatic carbocycles. The topological polar surface area (TPSA) is 45.2 Å². The van der Waals surface area contributed by atoms with Crippen molar-refractivity contribution in [1.29, 1.82) is 0 Å². The smallest absolute Gasteiger partial charge is 0.240 e. The molecule has 6 heteroatoms. The Kier molecular flexibility index (Phi) is 6.36. The number of carbonyl (C=O) groups is 1. The van der Waals surface area contributed by atoms with Gasteiger partial charge in [0.25, 0.3) is 0 Å². The largest absolute Gasteiger partial charge is 0.301 e. The second kappa shape index (κ2) is 8.27. The Bertz CT molecular complexity index is 625. The zero-order valence-corrected chi connectivity index (χ0v) is 14.4. The molecule has 1 N–H and O–H groups in total. The Labute approximate surface area is 140 Å². The maximum absolute atomic E-state index is 12.0. The number of rotatable bonds is 7. The summed E-state index contributed by atoms with van der Waals surface area (Å²) in [5.74, 6) is -0.0256. The van der Waals surface area contributed by atoms with Gasteiger partial charge in [0.15, 0.2) is 5.13 Å². The maximum atomic E-state index is 12.0. The molecule has 0 atom stereocenters. The van der Waals surface area contributed by atoms with Crippen molar-refractivity contribution in [3.05, 3.63) is 45.9 Å². The normalized spacial score (nSPS) is 10.9. The first-order valence-electron chi connectivity index (χ1n) is 7.32. The number of thiazole rings is 1. The van der Waals surface area contributed by atoms with E-state index in [1.165, 1.54) is 11.3 Å². The van der Waals surface area contributed by atoms with E-state index < -0.39 is 0 Å². The second-order valence-corrected chi connectivity index (χ2v) is 6.43. The Hall–Kier alpha value is -1.43. The van der Waals surface area contributed by atoms with Gasteiger partial charge in [0.2, 0.25) is 5.91 Å². The number of nitrogens with one attached hydrogen (secondary N) is 1. The van der Waals surface area contributed by atoms with Crippen LogP contribution in [0.3, 0.4) is 0 Å². The van der Waals surface area contributed by atoms with Gasteiger partial charge < -0.3 is 5.32 Å². The van der Waals surface area contributed by atoms with E-state index in [1.54, 1.807) is 6.20 Å². The van der Waals surface area contributed by atoms with Crippen molar-refractivity contribution < 1.29 is 4.79 Å². The minimum Gasteiger partial charge on any atom is -0.301 e. The number of carbonyl (C=O) groups excluding carboxylic acids is 1. The first-order chi connectivity index (χ1) is 10.6. The number of amides is 1. The van der Waals surface area contributed by atoms with Crippen molar-refractivity contribution in [3.63, 3.8) is 0 Å². The number of likely N-dealkylation sites (N-methyl/N-ethyl adjacent to an activating group) is 1. The van der Waals surface area contributed by atoms with Gasteiger partial charge in [-0.1, -0.05) is 43.6 Å². The third-order valence-electron chi connectivity index (χ3n) is 3.38. The molecule has 0 aliphatic rings. The van der Waals surface area contributed by atoms with Crippen LogP contribution in [0.1, 0.15) is 24.3 Å². The lowest BCUT2D eigenvalue weighted by Gasteiger charge is -2.16. The van der Waals surface area contributed by atoms with Crippen LogP contribution >= 0.6 is 22.9 Å². The standard InChI is InChI=1S/C16H20ClN3OS/c1-3-20(4-2)11-15(21)19-16-18-10-13(22-16)9-12-7-5-6-8-14(12)17/h5-8,10H,3-4,9,11H2,1-2H3,(H,18,19,21). The molecule has 0 aliphatic carbocycles. The average Bonchev–Trinajstić information content (AvgIpc) is 2.94. The highest BCUT2D eigenvalue weighted by atomic mass is 35.5. The molecule has 1 aromatic heterocycles. The second-order valence-electron chi connectivity index (χ2n) is 4.91. The molecule has 118 valence electrons. The van der Waals surface area contributed by atoms with E-state index in [4.69, 9.17) is 11.6 Å². The molecular weight excluding hydrogens is 318 g/mol. The Morgan fingerprint density at radius 3 is 2.73 bits per heavy atom. The molecule has 2 rings (SSSR count). The molecule has 0 aliphatic heterocycles. The Morgan fingerprint density at radius 2 is 2.05 bits per heavy atom. The molecule has 0 unspecified atom stereocenters. The number of benzene rings is 1. The van der Waals surface area contributed by atoms with Crippen molar-refractivity contribution in [3.8, 4) is 0 Å². The number of anilines is 1. The van der Waals surface area contributed by atoms with E-state index >= 15 is 0 Å². The van der Waals surface area contributed by atoms with Crippen LogP contribution in [0.5, 0.6) is 0 Å². The zero-order valence-electron chi connectivity index (χ0n) is 12.8. The minimum absolute atomic E-state index is 0.0256. The van der Waals surface area contributed by atoms with Gasteiger partial charge in [-0.3, -0.25) is 9.69 Å². The molecule has 4 nitrogen and oxygen atoms in total. The minimum atomic E-state index is -0.0256. The zero-order chi connectivity index (χ0) is 15.9. The first kappa shape index (κ1) is 16.9. The van der Waals surface area contributed by atoms with Crippen LogP contribution < -0.4 is 5.32 Å². The molecule has 0 bridgehead atoms. The maximum Gasteiger partial charge on any atom is 0.240 e. The van der Waals surface area contributed by atoms with Gasteiger partial charge in [0.1, 0.15) is 0 Å². The van der Waals surface area contributed by atoms with Gasteiger partial charge in [-0.05, 0) is 24.7 Å². The molecule has 2 aromatic rings. The van der Waals surface area contributed by atoms with Gasteiger partial charge in [0.05, 0.1) is 6.54 Å². The Morgan fingerprint density at radius 1 is 1.32 bits per heavy atom. The molecule has 0 fully saturated rings. The van der Waals surface area contributed by atoms with Gasteiger partial charge in [0, 0.05) is 22.5 Å². The van der Waals surface area contributed by atoms with Crippen LogP contribution in [0.2, 0.25) is 5.02 Å². The molecule has 22 heavy (non-hydrogen) atoms. The van der Waals surface area contributed by atoms with Gasteiger partial charge in [-0.2, -0.15) is 0 Å². The molecule has 0 radical (unpaired) electrons. The van der Waals surface area contributed by atoms with E-state index in [9.17, 15) is 4.79 Å². The molecule has 0 saturated heterocycles. The molecule has 0 saturated carbocycles. The summed E-state index contributed by atoms with van der Waals surface area (Å²) in [6, 6.07) is 7.76. The van der Waals surface area contributed by atoms with Crippen LogP contribution in [-0.2, 0) is 11.2 Å². The molecule has 1 heterocycles. The third kappa shape index (κ3) is 4.80. The van der Waals surface area contributed by atoms with Crippen molar-refractivity contribution >= 4 is 34.0 Å². The summed E-state index contributed by atoms with van der Waals surface area (Å²) in [4.78, 5) is 19.4. The van der Waals surface area contributed by atoms with E-state index in [0.717, 1.165) is 35.0 Å². The third-order valence-corrected chi connectivity index (χ3v) is 4.67. The number of halogens is 1. The van der Waals surface area contributed by atoms with Gasteiger partial charge in [-0.15, -0.1) is 11.3 Å². The van der Waals surface area contributed by atoms with Crippen LogP contribution in [-0.4, -0.2) is 35.4 Å². The fourth-order valence-electron chi connectivity index (χ4n) is 2.09. The lowest BCUT2D eigenvalue weighted by Crippen LogP contribution is -2.32.